The van der Waals surface area contributed by atoms with Gasteiger partial charge in [0.1, 0.15) is 23.3 Å². The molecule has 1 N–H and O–H groups in total. The van der Waals surface area contributed by atoms with Crippen molar-refractivity contribution in [3.63, 3.8) is 0 Å². The molecule has 0 spiro atoms. The van der Waals surface area contributed by atoms with E-state index >= 15 is 0 Å². The molecular weight excluding hydrogens is 429 g/mol. The monoisotopic (exact) mass is 451 g/mol. The van der Waals surface area contributed by atoms with Crippen molar-refractivity contribution in [3.05, 3.63) is 57.0 Å². The summed E-state index contributed by atoms with van der Waals surface area (Å²) in [6, 6.07) is 5.52. The van der Waals surface area contributed by atoms with Crippen molar-refractivity contribution >= 4 is 40.7 Å². The number of furan rings is 1. The van der Waals surface area contributed by atoms with Gasteiger partial charge in [-0.25, -0.2) is 0 Å². The first kappa shape index (κ1) is 22.2. The molecule has 1 atom stereocenters. The highest BCUT2D eigenvalue weighted by atomic mass is 35.5. The van der Waals surface area contributed by atoms with Crippen LogP contribution in [-0.2, 0) is 9.59 Å². The zero-order valence-corrected chi connectivity index (χ0v) is 18.5. The number of hydrogen-bond donors (Lipinski definition) is 1. The van der Waals surface area contributed by atoms with Gasteiger partial charge in [0.15, 0.2) is 5.75 Å². The largest absolute Gasteiger partial charge is 0.507 e. The highest BCUT2D eigenvalue weighted by Gasteiger charge is 2.47. The number of carbonyl (C=O) groups is 2. The van der Waals surface area contributed by atoms with Crippen molar-refractivity contribution in [1.29, 1.82) is 0 Å². The summed E-state index contributed by atoms with van der Waals surface area (Å²) in [7, 11) is 1.42. The molecule has 0 aliphatic carbocycles. The molecule has 1 aromatic carbocycles. The number of unbranched alkanes of at least 4 members (excludes halogenated alkanes) is 2. The Morgan fingerprint density at radius 2 is 1.87 bits per heavy atom. The number of hydrogen-bond acceptors (Lipinski definition) is 5. The maximum absolute atomic E-state index is 12.9. The number of benzene rings is 1. The summed E-state index contributed by atoms with van der Waals surface area (Å²) >= 11 is 12.4. The molecule has 2 heterocycles. The summed E-state index contributed by atoms with van der Waals surface area (Å²) in [5.41, 5.74) is 0.161. The molecular formula is C22H23Cl2NO5. The van der Waals surface area contributed by atoms with Gasteiger partial charge in [-0.1, -0.05) is 43.0 Å². The van der Waals surface area contributed by atoms with Crippen LogP contribution in [0.25, 0.3) is 5.76 Å². The summed E-state index contributed by atoms with van der Waals surface area (Å²) < 4.78 is 10.9. The van der Waals surface area contributed by atoms with E-state index in [0.29, 0.717) is 18.1 Å². The zero-order chi connectivity index (χ0) is 22.0. The smallest absolute Gasteiger partial charge is 0.295 e. The summed E-state index contributed by atoms with van der Waals surface area (Å²) in [6.07, 6.45) is 2.62. The van der Waals surface area contributed by atoms with Crippen molar-refractivity contribution < 1.29 is 23.8 Å². The zero-order valence-electron chi connectivity index (χ0n) is 17.0. The number of methoxy groups -OCH3 is 1. The SMILES string of the molecule is CCCCCN1C(=O)C(=O)/C(=C(\O)c2cc(Cl)c(OC)c(Cl)c2)C1c1ccc(C)o1. The van der Waals surface area contributed by atoms with Gasteiger partial charge in [-0.15, -0.1) is 0 Å². The minimum absolute atomic E-state index is 0.0526. The van der Waals surface area contributed by atoms with Crippen LogP contribution in [0.3, 0.4) is 0 Å². The Labute approximate surface area is 185 Å². The van der Waals surface area contributed by atoms with Gasteiger partial charge >= 0.3 is 0 Å². The molecule has 1 saturated heterocycles. The van der Waals surface area contributed by atoms with Gasteiger partial charge in [-0.05, 0) is 37.6 Å². The maximum Gasteiger partial charge on any atom is 0.295 e. The van der Waals surface area contributed by atoms with Crippen LogP contribution < -0.4 is 4.74 Å². The van der Waals surface area contributed by atoms with E-state index in [9.17, 15) is 14.7 Å². The Kier molecular flexibility index (Phi) is 6.78. The van der Waals surface area contributed by atoms with Crippen LogP contribution in [0.2, 0.25) is 10.0 Å². The third-order valence-corrected chi connectivity index (χ3v) is 5.61. The van der Waals surface area contributed by atoms with Crippen LogP contribution >= 0.6 is 23.2 Å². The second kappa shape index (κ2) is 9.14. The molecule has 30 heavy (non-hydrogen) atoms. The Bertz CT molecular complexity index is 988. The number of carbonyl (C=O) groups excluding carboxylic acids is 2. The molecule has 1 amide bonds. The minimum atomic E-state index is -0.824. The maximum atomic E-state index is 12.9. The normalized spacial score (nSPS) is 18.3. The third-order valence-electron chi connectivity index (χ3n) is 5.05. The van der Waals surface area contributed by atoms with Gasteiger partial charge in [0.2, 0.25) is 0 Å². The summed E-state index contributed by atoms with van der Waals surface area (Å²) in [5, 5.41) is 11.4. The van der Waals surface area contributed by atoms with E-state index in [1.54, 1.807) is 19.1 Å². The highest BCUT2D eigenvalue weighted by Crippen LogP contribution is 2.42. The van der Waals surface area contributed by atoms with E-state index in [0.717, 1.165) is 19.3 Å². The van der Waals surface area contributed by atoms with Crippen molar-refractivity contribution in [2.24, 2.45) is 0 Å². The fourth-order valence-corrected chi connectivity index (χ4v) is 4.23. The average Bonchev–Trinajstić information content (AvgIpc) is 3.23. The number of aryl methyl sites for hydroxylation is 1. The number of aliphatic hydroxyl groups is 1. The highest BCUT2D eigenvalue weighted by molar-refractivity contribution is 6.46. The summed E-state index contributed by atoms with van der Waals surface area (Å²) in [4.78, 5) is 27.1. The molecule has 0 saturated carbocycles. The van der Waals surface area contributed by atoms with Crippen molar-refractivity contribution in [2.45, 2.75) is 39.2 Å². The number of halogens is 2. The number of Topliss-reactive ketones (excluding diaryl/α,β-unsaturated/α-hetero) is 1. The first-order valence-electron chi connectivity index (χ1n) is 9.68. The standard InChI is InChI=1S/C22H23Cl2NO5/c1-4-5-6-9-25-18(16-8-7-12(2)30-16)17(20(27)22(25)28)19(26)13-10-14(23)21(29-3)15(24)11-13/h7-8,10-11,18,26H,4-6,9H2,1-3H3/b19-17-. The van der Waals surface area contributed by atoms with Gasteiger partial charge in [0.05, 0.1) is 22.7 Å². The van der Waals surface area contributed by atoms with Crippen molar-refractivity contribution in [3.8, 4) is 5.75 Å². The number of nitrogens with zero attached hydrogens (tertiary/aromatic N) is 1. The minimum Gasteiger partial charge on any atom is -0.507 e. The van der Waals surface area contributed by atoms with Crippen LogP contribution in [0.5, 0.6) is 5.75 Å². The lowest BCUT2D eigenvalue weighted by Gasteiger charge is -2.23. The fraction of sp³-hybridized carbons (Fsp3) is 0.364. The molecule has 1 fully saturated rings. The van der Waals surface area contributed by atoms with Gasteiger partial charge in [0.25, 0.3) is 11.7 Å². The Balaban J connectivity index is 2.14. The molecule has 2 aromatic rings. The molecule has 1 aliphatic heterocycles. The second-order valence-electron chi connectivity index (χ2n) is 7.12. The molecule has 0 radical (unpaired) electrons. The lowest BCUT2D eigenvalue weighted by Crippen LogP contribution is -2.30. The number of ketones is 1. The number of rotatable bonds is 7. The van der Waals surface area contributed by atoms with E-state index in [4.69, 9.17) is 32.4 Å². The lowest BCUT2D eigenvalue weighted by molar-refractivity contribution is -0.140. The molecule has 6 nitrogen and oxygen atoms in total. The molecule has 1 aromatic heterocycles. The molecule has 160 valence electrons. The third kappa shape index (κ3) is 4.07. The molecule has 0 bridgehead atoms. The van der Waals surface area contributed by atoms with Gasteiger partial charge in [-0.2, -0.15) is 0 Å². The van der Waals surface area contributed by atoms with Crippen LogP contribution in [0.15, 0.2) is 34.3 Å². The number of aliphatic hydroxyl groups excluding tert-OH is 1. The Morgan fingerprint density at radius 1 is 1.20 bits per heavy atom. The molecule has 3 rings (SSSR count). The van der Waals surface area contributed by atoms with Crippen molar-refractivity contribution in [2.75, 3.05) is 13.7 Å². The van der Waals surface area contributed by atoms with Gasteiger partial charge in [0, 0.05) is 12.1 Å². The molecule has 1 aliphatic rings. The van der Waals surface area contributed by atoms with Crippen molar-refractivity contribution in [1.82, 2.24) is 4.90 Å². The van der Waals surface area contributed by atoms with Crippen LogP contribution in [0.1, 0.15) is 49.3 Å². The predicted octanol–water partition coefficient (Wildman–Crippen LogP) is 5.52. The summed E-state index contributed by atoms with van der Waals surface area (Å²) in [6.45, 7) is 4.21. The van der Waals surface area contributed by atoms with E-state index in [2.05, 4.69) is 6.92 Å². The fourth-order valence-electron chi connectivity index (χ4n) is 3.59. The second-order valence-corrected chi connectivity index (χ2v) is 7.94. The average molecular weight is 452 g/mol. The number of ether oxygens (including phenoxy) is 1. The van der Waals surface area contributed by atoms with E-state index in [1.807, 2.05) is 0 Å². The lowest BCUT2D eigenvalue weighted by atomic mass is 9.99. The summed E-state index contributed by atoms with van der Waals surface area (Å²) in [5.74, 6) is -0.497. The van der Waals surface area contributed by atoms with Gasteiger partial charge < -0.3 is 19.2 Å². The van der Waals surface area contributed by atoms with Gasteiger partial charge in [-0.3, -0.25) is 9.59 Å². The first-order valence-corrected chi connectivity index (χ1v) is 10.4. The topological polar surface area (TPSA) is 80.0 Å². The molecule has 1 unspecified atom stereocenters. The van der Waals surface area contributed by atoms with E-state index in [1.165, 1.54) is 24.1 Å². The van der Waals surface area contributed by atoms with Crippen LogP contribution in [0.4, 0.5) is 0 Å². The Morgan fingerprint density at radius 3 is 2.40 bits per heavy atom. The molecule has 8 heteroatoms. The van der Waals surface area contributed by atoms with E-state index < -0.39 is 17.7 Å². The van der Waals surface area contributed by atoms with E-state index in [-0.39, 0.29) is 32.7 Å². The number of likely N-dealkylation sites (tertiary alicyclic amines) is 1. The van der Waals surface area contributed by atoms with Crippen LogP contribution in [0, 0.1) is 6.92 Å². The van der Waals surface area contributed by atoms with Crippen LogP contribution in [-0.4, -0.2) is 35.4 Å². The predicted molar refractivity (Wildman–Crippen MR) is 115 cm³/mol. The number of amides is 1. The first-order chi connectivity index (χ1) is 14.3. The Hall–Kier alpha value is -2.44. The quantitative estimate of drug-likeness (QED) is 0.259.